The van der Waals surface area contributed by atoms with E-state index in [1.54, 1.807) is 6.92 Å². The van der Waals surface area contributed by atoms with Crippen molar-refractivity contribution in [1.82, 2.24) is 10.2 Å². The fraction of sp³-hybridized carbons (Fsp3) is 0.588. The van der Waals surface area contributed by atoms with Crippen LogP contribution in [0.3, 0.4) is 0 Å². The second-order valence-corrected chi connectivity index (χ2v) is 6.17. The van der Waals surface area contributed by atoms with Crippen LogP contribution in [-0.4, -0.2) is 36.0 Å². The third-order valence-electron chi connectivity index (χ3n) is 4.34. The molecule has 1 heterocycles. The van der Waals surface area contributed by atoms with Crippen LogP contribution in [0.5, 0.6) is 0 Å². The monoisotopic (exact) mass is 289 g/mol. The molecule has 1 fully saturated rings. The highest BCUT2D eigenvalue weighted by Crippen LogP contribution is 2.29. The summed E-state index contributed by atoms with van der Waals surface area (Å²) in [5.41, 5.74) is 8.89. The van der Waals surface area contributed by atoms with E-state index >= 15 is 0 Å². The Balaban J connectivity index is 2.08. The molecule has 1 aromatic rings. The first kappa shape index (κ1) is 16.0. The molecule has 0 aromatic heterocycles. The Bertz CT molecular complexity index is 479. The number of hydrogen-bond acceptors (Lipinski definition) is 3. The fourth-order valence-electron chi connectivity index (χ4n) is 3.34. The maximum absolute atomic E-state index is 11.2. The van der Waals surface area contributed by atoms with Crippen LogP contribution in [0.15, 0.2) is 24.3 Å². The number of benzene rings is 1. The lowest BCUT2D eigenvalue weighted by atomic mass is 9.92. The molecule has 2 unspecified atom stereocenters. The highest BCUT2D eigenvalue weighted by molar-refractivity contribution is 5.73. The number of aryl methyl sites for hydroxylation is 1. The van der Waals surface area contributed by atoms with Gasteiger partial charge in [0.15, 0.2) is 0 Å². The third-order valence-corrected chi connectivity index (χ3v) is 4.34. The van der Waals surface area contributed by atoms with Crippen LogP contribution in [0.4, 0.5) is 0 Å². The molecule has 0 saturated carbocycles. The lowest BCUT2D eigenvalue weighted by Crippen LogP contribution is -2.48. The van der Waals surface area contributed by atoms with Crippen LogP contribution in [0.25, 0.3) is 0 Å². The van der Waals surface area contributed by atoms with E-state index in [0.29, 0.717) is 6.04 Å². The second kappa shape index (κ2) is 7.05. The molecule has 0 radical (unpaired) electrons. The largest absolute Gasteiger partial charge is 0.354 e. The van der Waals surface area contributed by atoms with E-state index in [1.807, 2.05) is 0 Å². The molecular weight excluding hydrogens is 262 g/mol. The average molecular weight is 289 g/mol. The highest BCUT2D eigenvalue weighted by atomic mass is 16.1. The Hall–Kier alpha value is -1.39. The van der Waals surface area contributed by atoms with Gasteiger partial charge in [-0.25, -0.2) is 0 Å². The minimum absolute atomic E-state index is 0.0658. The number of piperidine rings is 1. The van der Waals surface area contributed by atoms with E-state index < -0.39 is 0 Å². The number of amides is 1. The zero-order valence-electron chi connectivity index (χ0n) is 13.3. The first-order valence-corrected chi connectivity index (χ1v) is 7.81. The second-order valence-electron chi connectivity index (χ2n) is 6.17. The molecule has 1 aliphatic heterocycles. The van der Waals surface area contributed by atoms with E-state index in [-0.39, 0.29) is 18.0 Å². The van der Waals surface area contributed by atoms with Crippen molar-refractivity contribution in [2.75, 3.05) is 13.1 Å². The summed E-state index contributed by atoms with van der Waals surface area (Å²) in [7, 11) is 0. The van der Waals surface area contributed by atoms with Gasteiger partial charge in [0.1, 0.15) is 0 Å². The zero-order valence-corrected chi connectivity index (χ0v) is 13.3. The van der Waals surface area contributed by atoms with Crippen molar-refractivity contribution < 1.29 is 4.79 Å². The minimum atomic E-state index is 0.0658. The molecule has 1 aliphatic rings. The number of nitrogens with zero attached hydrogens (tertiary/aromatic N) is 1. The van der Waals surface area contributed by atoms with Crippen molar-refractivity contribution in [3.63, 3.8) is 0 Å². The fourth-order valence-corrected chi connectivity index (χ4v) is 3.34. The third kappa shape index (κ3) is 4.05. The Morgan fingerprint density at radius 1 is 1.33 bits per heavy atom. The van der Waals surface area contributed by atoms with Crippen LogP contribution in [0.1, 0.15) is 43.9 Å². The van der Waals surface area contributed by atoms with Gasteiger partial charge in [0.25, 0.3) is 0 Å². The predicted molar refractivity (Wildman–Crippen MR) is 86.0 cm³/mol. The van der Waals surface area contributed by atoms with E-state index in [0.717, 1.165) is 25.9 Å². The summed E-state index contributed by atoms with van der Waals surface area (Å²) >= 11 is 0. The predicted octanol–water partition coefficient (Wildman–Crippen LogP) is 1.98. The molecule has 2 rings (SSSR count). The first-order valence-electron chi connectivity index (χ1n) is 7.81. The van der Waals surface area contributed by atoms with Crippen molar-refractivity contribution in [3.8, 4) is 0 Å². The van der Waals surface area contributed by atoms with Crippen molar-refractivity contribution >= 4 is 5.91 Å². The van der Waals surface area contributed by atoms with E-state index in [9.17, 15) is 4.79 Å². The summed E-state index contributed by atoms with van der Waals surface area (Å²) in [4.78, 5) is 13.6. The molecule has 1 saturated heterocycles. The molecule has 4 nitrogen and oxygen atoms in total. The SMILES string of the molecule is CC(=O)NC1CCN(C(c2ccccc2C)C(C)N)CC1. The number of likely N-dealkylation sites (tertiary alicyclic amines) is 1. The summed E-state index contributed by atoms with van der Waals surface area (Å²) in [6.07, 6.45) is 1.99. The van der Waals surface area contributed by atoms with Gasteiger partial charge in [0.2, 0.25) is 5.91 Å². The molecule has 21 heavy (non-hydrogen) atoms. The molecule has 0 bridgehead atoms. The normalized spacial score (nSPS) is 20.0. The molecule has 0 aliphatic carbocycles. The summed E-state index contributed by atoms with van der Waals surface area (Å²) in [5.74, 6) is 0.0658. The van der Waals surface area contributed by atoms with Gasteiger partial charge in [0.05, 0.1) is 0 Å². The lowest BCUT2D eigenvalue weighted by molar-refractivity contribution is -0.120. The number of hydrogen-bond donors (Lipinski definition) is 2. The van der Waals surface area contributed by atoms with Gasteiger partial charge in [-0.2, -0.15) is 0 Å². The van der Waals surface area contributed by atoms with E-state index in [1.165, 1.54) is 11.1 Å². The summed E-state index contributed by atoms with van der Waals surface area (Å²) < 4.78 is 0. The summed E-state index contributed by atoms with van der Waals surface area (Å²) in [5, 5.41) is 3.02. The van der Waals surface area contributed by atoms with E-state index in [4.69, 9.17) is 5.73 Å². The van der Waals surface area contributed by atoms with Gasteiger partial charge in [-0.15, -0.1) is 0 Å². The number of carbonyl (C=O) groups excluding carboxylic acids is 1. The number of rotatable bonds is 4. The quantitative estimate of drug-likeness (QED) is 0.891. The number of nitrogens with one attached hydrogen (secondary N) is 1. The zero-order chi connectivity index (χ0) is 15.4. The standard InChI is InChI=1S/C17H27N3O/c1-12-6-4-5-7-16(12)17(13(2)18)20-10-8-15(9-11-20)19-14(3)21/h4-7,13,15,17H,8-11,18H2,1-3H3,(H,19,21). The molecule has 1 aromatic carbocycles. The highest BCUT2D eigenvalue weighted by Gasteiger charge is 2.29. The van der Waals surface area contributed by atoms with Gasteiger partial charge < -0.3 is 11.1 Å². The number of carbonyl (C=O) groups is 1. The van der Waals surface area contributed by atoms with Crippen LogP contribution in [-0.2, 0) is 4.79 Å². The summed E-state index contributed by atoms with van der Waals surface area (Å²) in [6, 6.07) is 9.14. The minimum Gasteiger partial charge on any atom is -0.354 e. The van der Waals surface area contributed by atoms with Crippen LogP contribution >= 0.6 is 0 Å². The van der Waals surface area contributed by atoms with Gasteiger partial charge in [-0.3, -0.25) is 9.69 Å². The van der Waals surface area contributed by atoms with Crippen molar-refractivity contribution in [2.45, 2.75) is 51.7 Å². The van der Waals surface area contributed by atoms with Crippen LogP contribution in [0, 0.1) is 6.92 Å². The Morgan fingerprint density at radius 3 is 2.48 bits per heavy atom. The molecule has 0 spiro atoms. The molecule has 116 valence electrons. The topological polar surface area (TPSA) is 58.4 Å². The maximum atomic E-state index is 11.2. The Kier molecular flexibility index (Phi) is 5.37. The maximum Gasteiger partial charge on any atom is 0.217 e. The van der Waals surface area contributed by atoms with Gasteiger partial charge >= 0.3 is 0 Å². The average Bonchev–Trinajstić information content (AvgIpc) is 2.42. The molecule has 2 atom stereocenters. The van der Waals surface area contributed by atoms with Crippen LogP contribution in [0.2, 0.25) is 0 Å². The number of nitrogens with two attached hydrogens (primary N) is 1. The molecule has 1 amide bonds. The smallest absolute Gasteiger partial charge is 0.217 e. The summed E-state index contributed by atoms with van der Waals surface area (Å²) in [6.45, 7) is 7.77. The van der Waals surface area contributed by atoms with Crippen LogP contribution < -0.4 is 11.1 Å². The molecule has 3 N–H and O–H groups in total. The lowest BCUT2D eigenvalue weighted by Gasteiger charge is -2.40. The Labute approximate surface area is 127 Å². The van der Waals surface area contributed by atoms with Gasteiger partial charge in [-0.05, 0) is 37.8 Å². The Morgan fingerprint density at radius 2 is 1.95 bits per heavy atom. The van der Waals surface area contributed by atoms with Crippen molar-refractivity contribution in [3.05, 3.63) is 35.4 Å². The molecule has 4 heteroatoms. The molecular formula is C17H27N3O. The van der Waals surface area contributed by atoms with Gasteiger partial charge in [0, 0.05) is 38.1 Å². The van der Waals surface area contributed by atoms with E-state index in [2.05, 4.69) is 48.3 Å². The first-order chi connectivity index (χ1) is 9.99. The van der Waals surface area contributed by atoms with Crippen molar-refractivity contribution in [2.24, 2.45) is 5.73 Å². The van der Waals surface area contributed by atoms with Gasteiger partial charge in [-0.1, -0.05) is 24.3 Å². The van der Waals surface area contributed by atoms with Crippen molar-refractivity contribution in [1.29, 1.82) is 0 Å².